The largest absolute Gasteiger partial charge is 0.384 e. The zero-order valence-electron chi connectivity index (χ0n) is 10.0. The minimum atomic E-state index is -0.417. The number of nitrogen functional groups attached to an aromatic ring is 1. The zero-order valence-corrected chi connectivity index (χ0v) is 10.0. The summed E-state index contributed by atoms with van der Waals surface area (Å²) in [7, 11) is 1.96. The number of halogens is 1. The summed E-state index contributed by atoms with van der Waals surface area (Å²) in [5.74, 6) is -0.622. The van der Waals surface area contributed by atoms with Crippen LogP contribution in [-0.2, 0) is 0 Å². The van der Waals surface area contributed by atoms with Gasteiger partial charge < -0.3 is 10.6 Å². The average molecular weight is 235 g/mol. The molecule has 0 unspecified atom stereocenters. The molecule has 1 aliphatic rings. The maximum Gasteiger partial charge on any atom is 0.136 e. The summed E-state index contributed by atoms with van der Waals surface area (Å²) in [4.78, 5) is 2.06. The second-order valence-corrected chi connectivity index (χ2v) is 4.60. The van der Waals surface area contributed by atoms with Crippen LogP contribution in [0.2, 0.25) is 0 Å². The molecular formula is C13H18FN3. The molecule has 0 saturated heterocycles. The van der Waals surface area contributed by atoms with E-state index in [4.69, 9.17) is 11.1 Å². The minimum absolute atomic E-state index is 0.206. The maximum absolute atomic E-state index is 13.7. The number of benzene rings is 1. The summed E-state index contributed by atoms with van der Waals surface area (Å²) >= 11 is 0. The Hall–Kier alpha value is -1.58. The van der Waals surface area contributed by atoms with Crippen molar-refractivity contribution in [1.29, 1.82) is 5.41 Å². The molecule has 1 saturated carbocycles. The van der Waals surface area contributed by atoms with Gasteiger partial charge in [0.1, 0.15) is 11.7 Å². The van der Waals surface area contributed by atoms with Gasteiger partial charge in [-0.15, -0.1) is 0 Å². The van der Waals surface area contributed by atoms with Gasteiger partial charge >= 0.3 is 0 Å². The molecule has 92 valence electrons. The Kier molecular flexibility index (Phi) is 3.31. The van der Waals surface area contributed by atoms with E-state index >= 15 is 0 Å². The number of nitrogens with one attached hydrogen (secondary N) is 1. The summed E-state index contributed by atoms with van der Waals surface area (Å²) in [5.41, 5.74) is 6.42. The van der Waals surface area contributed by atoms with Gasteiger partial charge in [-0.3, -0.25) is 5.41 Å². The van der Waals surface area contributed by atoms with Crippen molar-refractivity contribution in [2.75, 3.05) is 11.9 Å². The van der Waals surface area contributed by atoms with Crippen molar-refractivity contribution in [3.63, 3.8) is 0 Å². The first-order valence-electron chi connectivity index (χ1n) is 5.97. The lowest BCUT2D eigenvalue weighted by atomic mass is 10.1. The summed E-state index contributed by atoms with van der Waals surface area (Å²) in [5, 5.41) is 7.49. The van der Waals surface area contributed by atoms with Crippen molar-refractivity contribution < 1.29 is 4.39 Å². The molecule has 3 N–H and O–H groups in total. The maximum atomic E-state index is 13.7. The molecule has 0 radical (unpaired) electrons. The Balaban J connectivity index is 2.36. The van der Waals surface area contributed by atoms with Gasteiger partial charge in [-0.2, -0.15) is 0 Å². The highest BCUT2D eigenvalue weighted by Crippen LogP contribution is 2.30. The van der Waals surface area contributed by atoms with Gasteiger partial charge in [0.25, 0.3) is 0 Å². The topological polar surface area (TPSA) is 53.1 Å². The van der Waals surface area contributed by atoms with Crippen LogP contribution in [0.25, 0.3) is 0 Å². The molecule has 0 spiro atoms. The lowest BCUT2D eigenvalue weighted by Gasteiger charge is -2.28. The second kappa shape index (κ2) is 4.73. The van der Waals surface area contributed by atoms with E-state index in [2.05, 4.69) is 4.90 Å². The molecule has 1 aromatic rings. The van der Waals surface area contributed by atoms with E-state index in [-0.39, 0.29) is 11.4 Å². The fourth-order valence-electron chi connectivity index (χ4n) is 2.56. The molecule has 0 amide bonds. The van der Waals surface area contributed by atoms with Crippen molar-refractivity contribution in [3.8, 4) is 0 Å². The van der Waals surface area contributed by atoms with Crippen LogP contribution in [0.1, 0.15) is 31.2 Å². The Morgan fingerprint density at radius 3 is 2.65 bits per heavy atom. The Morgan fingerprint density at radius 1 is 1.41 bits per heavy atom. The SMILES string of the molecule is CN(c1cccc(F)c1C(=N)N)C1CCCC1. The van der Waals surface area contributed by atoms with E-state index in [1.165, 1.54) is 18.9 Å². The Labute approximate surface area is 101 Å². The summed E-state index contributed by atoms with van der Waals surface area (Å²) < 4.78 is 13.7. The third kappa shape index (κ3) is 2.25. The monoisotopic (exact) mass is 235 g/mol. The molecule has 1 fully saturated rings. The molecule has 1 aliphatic carbocycles. The molecule has 3 nitrogen and oxygen atoms in total. The Morgan fingerprint density at radius 2 is 2.06 bits per heavy atom. The van der Waals surface area contributed by atoms with Crippen LogP contribution < -0.4 is 10.6 Å². The highest BCUT2D eigenvalue weighted by molar-refractivity contribution is 6.00. The molecular weight excluding hydrogens is 217 g/mol. The third-order valence-corrected chi connectivity index (χ3v) is 3.51. The molecule has 17 heavy (non-hydrogen) atoms. The van der Waals surface area contributed by atoms with Crippen LogP contribution in [0.4, 0.5) is 10.1 Å². The van der Waals surface area contributed by atoms with Crippen molar-refractivity contribution in [2.24, 2.45) is 5.73 Å². The molecule has 0 aromatic heterocycles. The van der Waals surface area contributed by atoms with Gasteiger partial charge in [-0.05, 0) is 25.0 Å². The van der Waals surface area contributed by atoms with Crippen LogP contribution >= 0.6 is 0 Å². The number of hydrogen-bond donors (Lipinski definition) is 2. The molecule has 0 heterocycles. The Bertz CT molecular complexity index is 425. The predicted octanol–water partition coefficient (Wildman–Crippen LogP) is 2.49. The first kappa shape index (κ1) is 11.9. The second-order valence-electron chi connectivity index (χ2n) is 4.60. The number of hydrogen-bond acceptors (Lipinski definition) is 2. The van der Waals surface area contributed by atoms with E-state index in [9.17, 15) is 4.39 Å². The fraction of sp³-hybridized carbons (Fsp3) is 0.462. The van der Waals surface area contributed by atoms with Crippen LogP contribution in [-0.4, -0.2) is 18.9 Å². The number of nitrogens with zero attached hydrogens (tertiary/aromatic N) is 1. The number of anilines is 1. The standard InChI is InChI=1S/C13H18FN3/c1-17(9-5-2-3-6-9)11-8-4-7-10(14)12(11)13(15)16/h4,7-9H,2-3,5-6H2,1H3,(H3,15,16). The molecule has 1 aromatic carbocycles. The molecule has 0 aliphatic heterocycles. The average Bonchev–Trinajstić information content (AvgIpc) is 2.80. The van der Waals surface area contributed by atoms with Gasteiger partial charge in [0.05, 0.1) is 11.3 Å². The van der Waals surface area contributed by atoms with Crippen LogP contribution in [0, 0.1) is 11.2 Å². The lowest BCUT2D eigenvalue weighted by molar-refractivity contribution is 0.616. The fourth-order valence-corrected chi connectivity index (χ4v) is 2.56. The third-order valence-electron chi connectivity index (χ3n) is 3.51. The quantitative estimate of drug-likeness (QED) is 0.624. The summed E-state index contributed by atoms with van der Waals surface area (Å²) in [6.07, 6.45) is 4.70. The highest BCUT2D eigenvalue weighted by atomic mass is 19.1. The minimum Gasteiger partial charge on any atom is -0.384 e. The van der Waals surface area contributed by atoms with Crippen LogP contribution in [0.15, 0.2) is 18.2 Å². The van der Waals surface area contributed by atoms with E-state index in [1.807, 2.05) is 13.1 Å². The van der Waals surface area contributed by atoms with Crippen molar-refractivity contribution in [2.45, 2.75) is 31.7 Å². The molecule has 0 bridgehead atoms. The normalized spacial score (nSPS) is 16.1. The first-order valence-corrected chi connectivity index (χ1v) is 5.97. The van der Waals surface area contributed by atoms with Gasteiger partial charge in [0.15, 0.2) is 0 Å². The van der Waals surface area contributed by atoms with E-state index in [0.717, 1.165) is 18.5 Å². The molecule has 0 atom stereocenters. The number of rotatable bonds is 3. The zero-order chi connectivity index (χ0) is 12.4. The molecule has 4 heteroatoms. The smallest absolute Gasteiger partial charge is 0.136 e. The van der Waals surface area contributed by atoms with Crippen molar-refractivity contribution in [1.82, 2.24) is 0 Å². The first-order chi connectivity index (χ1) is 8.11. The van der Waals surface area contributed by atoms with E-state index < -0.39 is 5.82 Å². The molecule has 2 rings (SSSR count). The highest BCUT2D eigenvalue weighted by Gasteiger charge is 2.23. The summed E-state index contributed by atoms with van der Waals surface area (Å²) in [6.45, 7) is 0. The van der Waals surface area contributed by atoms with Gasteiger partial charge in [0, 0.05) is 13.1 Å². The van der Waals surface area contributed by atoms with Crippen molar-refractivity contribution in [3.05, 3.63) is 29.6 Å². The van der Waals surface area contributed by atoms with Gasteiger partial charge in [0.2, 0.25) is 0 Å². The van der Waals surface area contributed by atoms with Crippen LogP contribution in [0.5, 0.6) is 0 Å². The summed E-state index contributed by atoms with van der Waals surface area (Å²) in [6, 6.07) is 5.29. The van der Waals surface area contributed by atoms with Crippen LogP contribution in [0.3, 0.4) is 0 Å². The lowest BCUT2D eigenvalue weighted by Crippen LogP contribution is -2.31. The van der Waals surface area contributed by atoms with E-state index in [1.54, 1.807) is 6.07 Å². The number of nitrogens with two attached hydrogens (primary N) is 1. The predicted molar refractivity (Wildman–Crippen MR) is 68.1 cm³/mol. The van der Waals surface area contributed by atoms with Crippen molar-refractivity contribution >= 4 is 11.5 Å². The van der Waals surface area contributed by atoms with Gasteiger partial charge in [-0.25, -0.2) is 4.39 Å². The van der Waals surface area contributed by atoms with Gasteiger partial charge in [-0.1, -0.05) is 18.9 Å². The van der Waals surface area contributed by atoms with E-state index in [0.29, 0.717) is 6.04 Å². The number of amidine groups is 1.